The number of carboxylic acid groups (broad SMARTS) is 1. The molecule has 0 aliphatic rings. The third-order valence-electron chi connectivity index (χ3n) is 2.49. The second-order valence-electron chi connectivity index (χ2n) is 4.77. The van der Waals surface area contributed by atoms with E-state index >= 15 is 0 Å². The zero-order chi connectivity index (χ0) is 14.6. The molecule has 0 aromatic heterocycles. The normalized spacial score (nSPS) is 12.2. The minimum atomic E-state index is -1.04. The molecule has 1 rings (SSSR count). The highest BCUT2D eigenvalue weighted by molar-refractivity contribution is 9.10. The van der Waals surface area contributed by atoms with Crippen LogP contribution < -0.4 is 11.1 Å². The fourth-order valence-electron chi connectivity index (χ4n) is 1.68. The van der Waals surface area contributed by atoms with Crippen LogP contribution in [0.2, 0.25) is 0 Å². The average Bonchev–Trinajstić information content (AvgIpc) is 2.25. The number of aliphatic carboxylic acids is 1. The number of nitrogens with one attached hydrogen (secondary N) is 1. The van der Waals surface area contributed by atoms with Crippen LogP contribution in [0.4, 0.5) is 5.69 Å². The van der Waals surface area contributed by atoms with Crippen LogP contribution in [0.1, 0.15) is 30.6 Å². The number of anilines is 1. The Labute approximate surface area is 120 Å². The summed E-state index contributed by atoms with van der Waals surface area (Å²) >= 11 is 3.24. The van der Waals surface area contributed by atoms with Gasteiger partial charge in [0.25, 0.3) is 5.91 Å². The molecule has 0 saturated heterocycles. The number of amides is 1. The van der Waals surface area contributed by atoms with Crippen LogP contribution in [0.3, 0.4) is 0 Å². The van der Waals surface area contributed by atoms with Gasteiger partial charge in [-0.2, -0.15) is 0 Å². The molecule has 5 nitrogen and oxygen atoms in total. The molecule has 0 bridgehead atoms. The van der Waals surface area contributed by atoms with Gasteiger partial charge in [-0.05, 0) is 30.5 Å². The predicted octanol–water partition coefficient (Wildman–Crippen LogP) is 2.26. The molecule has 1 aromatic carbocycles. The van der Waals surface area contributed by atoms with Crippen molar-refractivity contribution >= 4 is 33.5 Å². The topological polar surface area (TPSA) is 92.4 Å². The average molecular weight is 329 g/mol. The molecule has 1 aromatic rings. The second-order valence-corrected chi connectivity index (χ2v) is 5.68. The van der Waals surface area contributed by atoms with Crippen LogP contribution >= 0.6 is 15.9 Å². The highest BCUT2D eigenvalue weighted by Gasteiger charge is 2.21. The summed E-state index contributed by atoms with van der Waals surface area (Å²) in [5.74, 6) is -1.31. The largest absolute Gasteiger partial charge is 0.480 e. The lowest BCUT2D eigenvalue weighted by Crippen LogP contribution is -2.41. The van der Waals surface area contributed by atoms with Crippen LogP contribution in [0.25, 0.3) is 0 Å². The number of carbonyl (C=O) groups excluding carboxylic acids is 1. The van der Waals surface area contributed by atoms with E-state index in [1.807, 2.05) is 13.8 Å². The quantitative estimate of drug-likeness (QED) is 0.723. The van der Waals surface area contributed by atoms with Gasteiger partial charge in [0.1, 0.15) is 6.04 Å². The Hall–Kier alpha value is -1.56. The van der Waals surface area contributed by atoms with Crippen molar-refractivity contribution in [3.05, 3.63) is 28.2 Å². The summed E-state index contributed by atoms with van der Waals surface area (Å²) in [6.07, 6.45) is 0.380. The Kier molecular flexibility index (Phi) is 5.35. The molecule has 4 N–H and O–H groups in total. The van der Waals surface area contributed by atoms with Gasteiger partial charge in [-0.3, -0.25) is 4.79 Å². The molecule has 104 valence electrons. The van der Waals surface area contributed by atoms with Gasteiger partial charge < -0.3 is 16.2 Å². The number of carboxylic acids is 1. The SMILES string of the molecule is CC(C)C[C@H](NC(=O)c1cc(N)cc(Br)c1)C(=O)O. The van der Waals surface area contributed by atoms with Gasteiger partial charge in [-0.15, -0.1) is 0 Å². The molecular weight excluding hydrogens is 312 g/mol. The maximum atomic E-state index is 12.0. The van der Waals surface area contributed by atoms with E-state index in [-0.39, 0.29) is 5.92 Å². The fourth-order valence-corrected chi connectivity index (χ4v) is 2.19. The molecule has 0 fully saturated rings. The van der Waals surface area contributed by atoms with E-state index < -0.39 is 17.9 Å². The number of carbonyl (C=O) groups is 2. The lowest BCUT2D eigenvalue weighted by atomic mass is 10.0. The first-order valence-corrected chi connectivity index (χ1v) is 6.68. The monoisotopic (exact) mass is 328 g/mol. The zero-order valence-electron chi connectivity index (χ0n) is 10.8. The highest BCUT2D eigenvalue weighted by atomic mass is 79.9. The summed E-state index contributed by atoms with van der Waals surface area (Å²) in [6, 6.07) is 3.88. The minimum Gasteiger partial charge on any atom is -0.480 e. The molecule has 0 unspecified atom stereocenters. The Morgan fingerprint density at radius 2 is 2.00 bits per heavy atom. The summed E-state index contributed by atoms with van der Waals surface area (Å²) < 4.78 is 0.674. The van der Waals surface area contributed by atoms with Gasteiger partial charge in [-0.1, -0.05) is 29.8 Å². The summed E-state index contributed by atoms with van der Waals surface area (Å²) in [4.78, 5) is 23.1. The van der Waals surface area contributed by atoms with E-state index in [2.05, 4.69) is 21.2 Å². The number of halogens is 1. The number of nitrogen functional groups attached to an aromatic ring is 1. The highest BCUT2D eigenvalue weighted by Crippen LogP contribution is 2.17. The smallest absolute Gasteiger partial charge is 0.326 e. The van der Waals surface area contributed by atoms with Gasteiger partial charge in [0.2, 0.25) is 0 Å². The number of nitrogens with two attached hydrogens (primary N) is 1. The van der Waals surface area contributed by atoms with Crippen molar-refractivity contribution in [2.75, 3.05) is 5.73 Å². The van der Waals surface area contributed by atoms with E-state index in [4.69, 9.17) is 10.8 Å². The van der Waals surface area contributed by atoms with Crippen LogP contribution in [0.15, 0.2) is 22.7 Å². The Morgan fingerprint density at radius 3 is 2.47 bits per heavy atom. The lowest BCUT2D eigenvalue weighted by molar-refractivity contribution is -0.139. The molecule has 6 heteroatoms. The van der Waals surface area contributed by atoms with Gasteiger partial charge in [0.15, 0.2) is 0 Å². The number of rotatable bonds is 5. The zero-order valence-corrected chi connectivity index (χ0v) is 12.4. The Balaban J connectivity index is 2.84. The maximum Gasteiger partial charge on any atom is 0.326 e. The van der Waals surface area contributed by atoms with Crippen LogP contribution in [-0.4, -0.2) is 23.0 Å². The molecule has 19 heavy (non-hydrogen) atoms. The molecule has 0 heterocycles. The minimum absolute atomic E-state index is 0.175. The van der Waals surface area contributed by atoms with Gasteiger partial charge in [0.05, 0.1) is 0 Å². The summed E-state index contributed by atoms with van der Waals surface area (Å²) in [6.45, 7) is 3.80. The molecule has 0 aliphatic carbocycles. The van der Waals surface area contributed by atoms with Crippen LogP contribution in [-0.2, 0) is 4.79 Å². The second kappa shape index (κ2) is 6.56. The van der Waals surface area contributed by atoms with Gasteiger partial charge in [-0.25, -0.2) is 4.79 Å². The van der Waals surface area contributed by atoms with Crippen molar-refractivity contribution < 1.29 is 14.7 Å². The number of hydrogen-bond donors (Lipinski definition) is 3. The van der Waals surface area contributed by atoms with Crippen molar-refractivity contribution in [1.82, 2.24) is 5.32 Å². The van der Waals surface area contributed by atoms with Crippen molar-refractivity contribution in [2.45, 2.75) is 26.3 Å². The lowest BCUT2D eigenvalue weighted by Gasteiger charge is -2.16. The number of hydrogen-bond acceptors (Lipinski definition) is 3. The van der Waals surface area contributed by atoms with E-state index in [0.29, 0.717) is 22.1 Å². The third kappa shape index (κ3) is 4.90. The standard InChI is InChI=1S/C13H17BrN2O3/c1-7(2)3-11(13(18)19)16-12(17)8-4-9(14)6-10(15)5-8/h4-7,11H,3,15H2,1-2H3,(H,16,17)(H,18,19)/t11-/m0/s1. The molecule has 0 radical (unpaired) electrons. The fraction of sp³-hybridized carbons (Fsp3) is 0.385. The first-order valence-electron chi connectivity index (χ1n) is 5.89. The number of benzene rings is 1. The van der Waals surface area contributed by atoms with E-state index in [0.717, 1.165) is 0 Å². The van der Waals surface area contributed by atoms with Crippen LogP contribution in [0.5, 0.6) is 0 Å². The molecule has 1 atom stereocenters. The van der Waals surface area contributed by atoms with E-state index in [9.17, 15) is 9.59 Å². The summed E-state index contributed by atoms with van der Waals surface area (Å²) in [5, 5.41) is 11.6. The molecule has 0 aliphatic heterocycles. The molecular formula is C13H17BrN2O3. The first-order chi connectivity index (χ1) is 8.79. The molecule has 1 amide bonds. The predicted molar refractivity (Wildman–Crippen MR) is 76.9 cm³/mol. The summed E-state index contributed by atoms with van der Waals surface area (Å²) in [5.41, 5.74) is 6.42. The molecule has 0 saturated carbocycles. The first kappa shape index (κ1) is 15.5. The van der Waals surface area contributed by atoms with Crippen molar-refractivity contribution in [2.24, 2.45) is 5.92 Å². The van der Waals surface area contributed by atoms with E-state index in [1.54, 1.807) is 12.1 Å². The molecule has 0 spiro atoms. The van der Waals surface area contributed by atoms with Gasteiger partial charge >= 0.3 is 5.97 Å². The van der Waals surface area contributed by atoms with Crippen molar-refractivity contribution in [3.8, 4) is 0 Å². The van der Waals surface area contributed by atoms with Crippen LogP contribution in [0, 0.1) is 5.92 Å². The Bertz CT molecular complexity index is 469. The third-order valence-corrected chi connectivity index (χ3v) is 2.95. The van der Waals surface area contributed by atoms with E-state index in [1.165, 1.54) is 6.07 Å². The Morgan fingerprint density at radius 1 is 1.37 bits per heavy atom. The van der Waals surface area contributed by atoms with Crippen molar-refractivity contribution in [1.29, 1.82) is 0 Å². The summed E-state index contributed by atoms with van der Waals surface area (Å²) in [7, 11) is 0. The van der Waals surface area contributed by atoms with Crippen molar-refractivity contribution in [3.63, 3.8) is 0 Å². The maximum absolute atomic E-state index is 12.0. The van der Waals surface area contributed by atoms with Gasteiger partial charge in [0, 0.05) is 15.7 Å².